The van der Waals surface area contributed by atoms with Crippen molar-refractivity contribution < 1.29 is 23.7 Å². The molecule has 2 aromatic carbocycles. The van der Waals surface area contributed by atoms with Crippen LogP contribution in [0.2, 0.25) is 0 Å². The number of hydrazine groups is 1. The topological polar surface area (TPSA) is 103 Å². The number of amides is 1. The Labute approximate surface area is 206 Å². The summed E-state index contributed by atoms with van der Waals surface area (Å²) < 4.78 is 19.2. The maximum Gasteiger partial charge on any atom is 0.410 e. The van der Waals surface area contributed by atoms with E-state index in [4.69, 9.17) is 25.8 Å². The summed E-state index contributed by atoms with van der Waals surface area (Å²) in [6.45, 7) is 6.73. The lowest BCUT2D eigenvalue weighted by Gasteiger charge is -2.43. The number of benzene rings is 2. The number of ether oxygens (including phenoxy) is 3. The molecule has 1 amide bonds. The average Bonchev–Trinajstić information content (AvgIpc) is 2.82. The van der Waals surface area contributed by atoms with Gasteiger partial charge in [-0.25, -0.2) is 4.79 Å². The molecule has 0 aromatic heterocycles. The molecular formula is C27H35N4O4+. The molecule has 8 heteroatoms. The van der Waals surface area contributed by atoms with Crippen LogP contribution in [0.25, 0.3) is 5.57 Å². The third-order valence-corrected chi connectivity index (χ3v) is 6.33. The molecule has 2 heterocycles. The van der Waals surface area contributed by atoms with Gasteiger partial charge in [0, 0.05) is 25.9 Å². The number of hydrogen-bond acceptors (Lipinski definition) is 5. The Hall–Kier alpha value is -3.68. The second-order valence-corrected chi connectivity index (χ2v) is 10.1. The smallest absolute Gasteiger partial charge is 0.410 e. The minimum absolute atomic E-state index is 0.288. The number of fused-ring (bicyclic) bond motifs is 1. The fourth-order valence-electron chi connectivity index (χ4n) is 4.51. The van der Waals surface area contributed by atoms with Crippen LogP contribution >= 0.6 is 0 Å². The molecule has 0 saturated carbocycles. The zero-order chi connectivity index (χ0) is 25.4. The predicted octanol–water partition coefficient (Wildman–Crippen LogP) is 3.51. The van der Waals surface area contributed by atoms with E-state index in [0.717, 1.165) is 33.8 Å². The zero-order valence-corrected chi connectivity index (χ0v) is 21.1. The van der Waals surface area contributed by atoms with Crippen LogP contribution in [0.15, 0.2) is 48.5 Å². The molecule has 1 spiro atoms. The Morgan fingerprint density at radius 1 is 1.11 bits per heavy atom. The summed E-state index contributed by atoms with van der Waals surface area (Å²) in [6.07, 6.45) is 3.21. The standard InChI is InChI=1S/C27H34N4O4/c1-26(2,3)35-25(32)31-15-13-27(14-16-31)17-20(23-21(33-5)7-6-8-22(23)34-27)18-9-11-19(12-10-18)24(28)30(4)29/h6-12,17,28H,13-16,29H2,1-5H3/p+1. The molecule has 1 saturated heterocycles. The Bertz CT molecular complexity index is 1170. The molecule has 2 aromatic rings. The second-order valence-electron chi connectivity index (χ2n) is 10.1. The molecule has 2 aliphatic heterocycles. The average molecular weight is 480 g/mol. The highest BCUT2D eigenvalue weighted by atomic mass is 16.6. The third-order valence-electron chi connectivity index (χ3n) is 6.33. The predicted molar refractivity (Wildman–Crippen MR) is 136 cm³/mol. The largest absolute Gasteiger partial charge is 0.496 e. The maximum absolute atomic E-state index is 12.6. The van der Waals surface area contributed by atoms with Crippen LogP contribution in [0.4, 0.5) is 4.79 Å². The Morgan fingerprint density at radius 3 is 2.34 bits per heavy atom. The lowest BCUT2D eigenvalue weighted by atomic mass is 9.82. The number of carbonyl (C=O) groups excluding carboxylic acids is 1. The minimum Gasteiger partial charge on any atom is -0.496 e. The third kappa shape index (κ3) is 5.06. The quantitative estimate of drug-likeness (QED) is 0.230. The van der Waals surface area contributed by atoms with Gasteiger partial charge in [-0.05, 0) is 62.2 Å². The number of methoxy groups -OCH3 is 1. The highest BCUT2D eigenvalue weighted by Crippen LogP contribution is 2.47. The van der Waals surface area contributed by atoms with E-state index in [1.165, 1.54) is 4.68 Å². The molecule has 0 radical (unpaired) electrons. The van der Waals surface area contributed by atoms with Gasteiger partial charge in [-0.15, -0.1) is 0 Å². The number of nitrogens with zero attached hydrogens (tertiary/aromatic N) is 2. The van der Waals surface area contributed by atoms with E-state index in [2.05, 4.69) is 6.08 Å². The van der Waals surface area contributed by atoms with Gasteiger partial charge >= 0.3 is 6.09 Å². The van der Waals surface area contributed by atoms with E-state index in [1.807, 2.05) is 63.2 Å². The molecule has 2 aliphatic rings. The number of piperidine rings is 1. The fourth-order valence-corrected chi connectivity index (χ4v) is 4.51. The Balaban J connectivity index is 1.69. The van der Waals surface area contributed by atoms with E-state index >= 15 is 0 Å². The van der Waals surface area contributed by atoms with Crippen LogP contribution in [-0.4, -0.2) is 60.0 Å². The van der Waals surface area contributed by atoms with E-state index in [0.29, 0.717) is 31.8 Å². The summed E-state index contributed by atoms with van der Waals surface area (Å²) in [7, 11) is 3.37. The first kappa shape index (κ1) is 24.4. The normalized spacial score (nSPS) is 17.6. The maximum atomic E-state index is 12.6. The molecular weight excluding hydrogens is 444 g/mol. The lowest BCUT2D eigenvalue weighted by molar-refractivity contribution is -0.509. The van der Waals surface area contributed by atoms with Crippen molar-refractivity contribution in [3.63, 3.8) is 0 Å². The zero-order valence-electron chi connectivity index (χ0n) is 21.1. The van der Waals surface area contributed by atoms with Crippen LogP contribution in [0.5, 0.6) is 11.5 Å². The van der Waals surface area contributed by atoms with Crippen molar-refractivity contribution in [2.45, 2.75) is 44.8 Å². The molecule has 35 heavy (non-hydrogen) atoms. The Kier molecular flexibility index (Phi) is 6.40. The highest BCUT2D eigenvalue weighted by molar-refractivity contribution is 5.95. The van der Waals surface area contributed by atoms with Crippen molar-refractivity contribution in [3.8, 4) is 11.5 Å². The minimum atomic E-state index is -0.533. The summed E-state index contributed by atoms with van der Waals surface area (Å²) >= 11 is 0. The second kappa shape index (κ2) is 9.17. The van der Waals surface area contributed by atoms with Gasteiger partial charge in [-0.3, -0.25) is 11.6 Å². The molecule has 1 fully saturated rings. The summed E-state index contributed by atoms with van der Waals surface area (Å²) in [5, 5.41) is 0. The van der Waals surface area contributed by atoms with Gasteiger partial charge in [0.25, 0.3) is 5.84 Å². The fraction of sp³-hybridized carbons (Fsp3) is 0.407. The Morgan fingerprint density at radius 2 is 1.77 bits per heavy atom. The molecule has 0 atom stereocenters. The number of hydrogen-bond donors (Lipinski definition) is 2. The first-order valence-corrected chi connectivity index (χ1v) is 11.8. The van der Waals surface area contributed by atoms with E-state index in [1.54, 1.807) is 19.1 Å². The van der Waals surface area contributed by atoms with Crippen molar-refractivity contribution in [3.05, 3.63) is 65.2 Å². The van der Waals surface area contributed by atoms with Crippen LogP contribution in [0.1, 0.15) is 50.3 Å². The van der Waals surface area contributed by atoms with Crippen molar-refractivity contribution in [1.82, 2.24) is 4.90 Å². The molecule has 0 unspecified atom stereocenters. The summed E-state index contributed by atoms with van der Waals surface area (Å²) in [6, 6.07) is 13.8. The number of likely N-dealkylation sites (tertiary alicyclic amines) is 1. The van der Waals surface area contributed by atoms with Crippen LogP contribution in [-0.2, 0) is 4.74 Å². The monoisotopic (exact) mass is 479 g/mol. The van der Waals surface area contributed by atoms with Crippen molar-refractivity contribution in [2.24, 2.45) is 11.6 Å². The van der Waals surface area contributed by atoms with Crippen molar-refractivity contribution >= 4 is 17.5 Å². The molecule has 186 valence electrons. The highest BCUT2D eigenvalue weighted by Gasteiger charge is 2.41. The van der Waals surface area contributed by atoms with Gasteiger partial charge in [-0.1, -0.05) is 18.2 Å². The lowest BCUT2D eigenvalue weighted by Crippen LogP contribution is -2.50. The van der Waals surface area contributed by atoms with Gasteiger partial charge < -0.3 is 19.1 Å². The van der Waals surface area contributed by atoms with Gasteiger partial charge in [0.1, 0.15) is 29.7 Å². The summed E-state index contributed by atoms with van der Waals surface area (Å²) in [4.78, 5) is 14.3. The van der Waals surface area contributed by atoms with Gasteiger partial charge in [-0.2, -0.15) is 4.68 Å². The van der Waals surface area contributed by atoms with Crippen LogP contribution < -0.4 is 21.1 Å². The number of rotatable bonds is 3. The SMILES string of the molecule is COc1cccc2c1C(c1ccc(/C(N)=[N+](\C)N)cc1)=CC1(CCN(C(=O)OC(C)(C)C)CC1)O2. The number of amidine groups is 1. The molecule has 4 N–H and O–H groups in total. The van der Waals surface area contributed by atoms with Gasteiger partial charge in [0.2, 0.25) is 0 Å². The summed E-state index contributed by atoms with van der Waals surface area (Å²) in [5.41, 5.74) is 8.84. The molecule has 0 bridgehead atoms. The van der Waals surface area contributed by atoms with E-state index < -0.39 is 11.2 Å². The number of hydrazone groups is 1. The van der Waals surface area contributed by atoms with Crippen molar-refractivity contribution in [2.75, 3.05) is 27.2 Å². The number of carbonyl (C=O) groups is 1. The molecule has 0 aliphatic carbocycles. The van der Waals surface area contributed by atoms with Crippen molar-refractivity contribution in [1.29, 1.82) is 0 Å². The van der Waals surface area contributed by atoms with Crippen LogP contribution in [0, 0.1) is 0 Å². The molecule has 8 nitrogen and oxygen atoms in total. The van der Waals surface area contributed by atoms with E-state index in [-0.39, 0.29) is 6.09 Å². The van der Waals surface area contributed by atoms with Gasteiger partial charge in [0.05, 0.1) is 18.2 Å². The first-order valence-electron chi connectivity index (χ1n) is 11.8. The summed E-state index contributed by atoms with van der Waals surface area (Å²) in [5.74, 6) is 7.80. The van der Waals surface area contributed by atoms with Gasteiger partial charge in [0.15, 0.2) is 0 Å². The molecule has 4 rings (SSSR count). The first-order chi connectivity index (χ1) is 16.5. The van der Waals surface area contributed by atoms with E-state index in [9.17, 15) is 4.79 Å². The number of nitrogens with two attached hydrogens (primary N) is 2. The van der Waals surface area contributed by atoms with Crippen LogP contribution in [0.3, 0.4) is 0 Å².